The lowest BCUT2D eigenvalue weighted by molar-refractivity contribution is 0.669. The van der Waals surface area contributed by atoms with Gasteiger partial charge < -0.3 is 23.2 Å². The van der Waals surface area contributed by atoms with E-state index in [9.17, 15) is 0 Å². The molecule has 6 heteroatoms. The first kappa shape index (κ1) is 61.8. The molecule has 2 aliphatic heterocycles. The molecule has 0 spiro atoms. The van der Waals surface area contributed by atoms with Crippen molar-refractivity contribution in [1.82, 2.24) is 4.57 Å². The first-order valence-corrected chi connectivity index (χ1v) is 37.9. The van der Waals surface area contributed by atoms with Gasteiger partial charge in [-0.05, 0) is 137 Å². The van der Waals surface area contributed by atoms with Crippen molar-refractivity contribution < 1.29 is 8.83 Å². The number of aromatic nitrogens is 1. The summed E-state index contributed by atoms with van der Waals surface area (Å²) in [5.74, 6) is 0. The largest absolute Gasteiger partial charge is 0.456 e. The fraction of sp³-hybridized carbons (Fsp3) is 0. The van der Waals surface area contributed by atoms with Crippen molar-refractivity contribution in [2.24, 2.45) is 0 Å². The van der Waals surface area contributed by atoms with Crippen molar-refractivity contribution in [2.75, 3.05) is 9.80 Å². The molecule has 23 rings (SSSR count). The standard InChI is InChI=1S/C104H64BN3O2/c1-5-29-65(30-6-1)73-46-25-47-74(66-31-7-2-8-32-66)102(73)107-91-60-58-69(72-45-28-56-97-100(72)85-44-20-24-55-96(85)109-97)61-88(91)105-87-59-57-70(98-80-40-13-15-42-82(80)99(83-43-16-14-41-81(83)98)86-51-27-50-84-79-39-19-23-54-95(79)110-104(84)86)62-92(87)108(103-75(67-33-9-3-10-34-67)48-26-49-76(103)68-35-11-4-12-36-68)94-64-71(63-93(107)101(94)105)106-89-52-21-17-37-77(89)78-38-18-22-53-90(78)106/h1-64H. The van der Waals surface area contributed by atoms with E-state index in [0.29, 0.717) is 0 Å². The minimum Gasteiger partial charge on any atom is -0.456 e. The maximum absolute atomic E-state index is 6.95. The molecule has 2 aliphatic rings. The number of para-hydroxylation sites is 7. The molecule has 0 saturated carbocycles. The van der Waals surface area contributed by atoms with Gasteiger partial charge in [-0.15, -0.1) is 0 Å². The van der Waals surface area contributed by atoms with Crippen molar-refractivity contribution >= 4 is 144 Å². The predicted molar refractivity (Wildman–Crippen MR) is 462 cm³/mol. The van der Waals surface area contributed by atoms with Gasteiger partial charge in [-0.2, -0.15) is 0 Å². The zero-order valence-corrected chi connectivity index (χ0v) is 59.7. The lowest BCUT2D eigenvalue weighted by atomic mass is 9.33. The van der Waals surface area contributed by atoms with Crippen LogP contribution in [0.15, 0.2) is 397 Å². The van der Waals surface area contributed by atoms with E-state index in [-0.39, 0.29) is 6.71 Å². The smallest absolute Gasteiger partial charge is 0.252 e. The summed E-state index contributed by atoms with van der Waals surface area (Å²) in [4.78, 5) is 5.36. The Morgan fingerprint density at radius 3 is 1.19 bits per heavy atom. The van der Waals surface area contributed by atoms with Crippen LogP contribution in [0.2, 0.25) is 0 Å². The molecule has 3 aromatic heterocycles. The zero-order valence-electron chi connectivity index (χ0n) is 59.7. The second kappa shape index (κ2) is 24.6. The van der Waals surface area contributed by atoms with E-state index in [0.717, 1.165) is 194 Å². The Bertz CT molecular complexity index is 7140. The maximum atomic E-state index is 6.95. The van der Waals surface area contributed by atoms with E-state index in [1.54, 1.807) is 0 Å². The summed E-state index contributed by atoms with van der Waals surface area (Å²) < 4.78 is 16.2. The first-order chi connectivity index (χ1) is 54.6. The van der Waals surface area contributed by atoms with Gasteiger partial charge in [0.15, 0.2) is 0 Å². The summed E-state index contributed by atoms with van der Waals surface area (Å²) in [6, 6.07) is 144. The number of hydrogen-bond acceptors (Lipinski definition) is 4. The van der Waals surface area contributed by atoms with Gasteiger partial charge in [-0.3, -0.25) is 0 Å². The minimum absolute atomic E-state index is 0.340. The third-order valence-corrected chi connectivity index (χ3v) is 23.4. The van der Waals surface area contributed by atoms with Crippen LogP contribution in [0.5, 0.6) is 0 Å². The fourth-order valence-corrected chi connectivity index (χ4v) is 18.8. The Hall–Kier alpha value is -14.5. The van der Waals surface area contributed by atoms with Crippen molar-refractivity contribution in [2.45, 2.75) is 0 Å². The number of rotatable bonds is 10. The highest BCUT2D eigenvalue weighted by Crippen LogP contribution is 2.56. The third-order valence-electron chi connectivity index (χ3n) is 23.4. The molecule has 0 saturated heterocycles. The molecule has 0 N–H and O–H groups in total. The lowest BCUT2D eigenvalue weighted by Crippen LogP contribution is -2.61. The SMILES string of the molecule is c1ccc(-c2cccc(-c3ccccc3)c2N2c3ccc(-c4cccc5oc6ccccc6c45)cc3B3c4ccc(-c5c6ccccc6c(-c6cccc7c6oc6ccccc67)c6ccccc56)cc4N(c4c(-c5ccccc5)cccc4-c4ccccc4)c4cc(-n5c6ccccc6c6ccccc65)cc2c43)cc1. The van der Waals surface area contributed by atoms with Gasteiger partial charge in [-0.1, -0.05) is 334 Å². The van der Waals surface area contributed by atoms with Gasteiger partial charge in [-0.25, -0.2) is 0 Å². The number of furan rings is 2. The topological polar surface area (TPSA) is 37.7 Å². The van der Waals surface area contributed by atoms with E-state index < -0.39 is 0 Å². The molecule has 0 bridgehead atoms. The summed E-state index contributed by atoms with van der Waals surface area (Å²) in [5, 5.41) is 11.4. The zero-order chi connectivity index (χ0) is 72.1. The number of benzene rings is 18. The van der Waals surface area contributed by atoms with E-state index >= 15 is 0 Å². The highest BCUT2D eigenvalue weighted by molar-refractivity contribution is 7.00. The molecule has 110 heavy (non-hydrogen) atoms. The summed E-state index contributed by atoms with van der Waals surface area (Å²) >= 11 is 0. The van der Waals surface area contributed by atoms with Crippen molar-refractivity contribution in [3.63, 3.8) is 0 Å². The van der Waals surface area contributed by atoms with Gasteiger partial charge in [0.2, 0.25) is 0 Å². The highest BCUT2D eigenvalue weighted by atomic mass is 16.3. The van der Waals surface area contributed by atoms with Crippen LogP contribution in [0, 0.1) is 0 Å². The maximum Gasteiger partial charge on any atom is 0.252 e. The third kappa shape index (κ3) is 9.30. The van der Waals surface area contributed by atoms with Crippen molar-refractivity contribution in [3.05, 3.63) is 388 Å². The number of nitrogens with zero attached hydrogens (tertiary/aromatic N) is 3. The molecule has 0 amide bonds. The van der Waals surface area contributed by atoms with Crippen LogP contribution in [0.1, 0.15) is 0 Å². The number of anilines is 6. The van der Waals surface area contributed by atoms with Gasteiger partial charge >= 0.3 is 0 Å². The quantitative estimate of drug-likeness (QED) is 0.101. The molecule has 0 atom stereocenters. The highest BCUT2D eigenvalue weighted by Gasteiger charge is 2.46. The average molecular weight is 1400 g/mol. The van der Waals surface area contributed by atoms with Gasteiger partial charge in [0.25, 0.3) is 6.71 Å². The molecule has 510 valence electrons. The van der Waals surface area contributed by atoms with E-state index in [1.807, 2.05) is 0 Å². The van der Waals surface area contributed by atoms with Crippen molar-refractivity contribution in [1.29, 1.82) is 0 Å². The Morgan fingerprint density at radius 2 is 0.636 bits per heavy atom. The van der Waals surface area contributed by atoms with Crippen LogP contribution in [-0.4, -0.2) is 11.3 Å². The number of hydrogen-bond donors (Lipinski definition) is 0. The molecular weight excluding hydrogens is 1330 g/mol. The molecule has 21 aromatic rings. The normalized spacial score (nSPS) is 12.5. The number of fused-ring (bicyclic) bond motifs is 15. The van der Waals surface area contributed by atoms with Crippen LogP contribution in [0.4, 0.5) is 34.1 Å². The summed E-state index contributed by atoms with van der Waals surface area (Å²) in [5.41, 5.74) is 32.4. The second-order valence-electron chi connectivity index (χ2n) is 29.2. The summed E-state index contributed by atoms with van der Waals surface area (Å²) in [7, 11) is 0. The van der Waals surface area contributed by atoms with E-state index in [1.165, 1.54) is 27.2 Å². The van der Waals surface area contributed by atoms with Crippen LogP contribution in [0.25, 0.3) is 171 Å². The lowest BCUT2D eigenvalue weighted by Gasteiger charge is -2.46. The molecule has 5 heterocycles. The van der Waals surface area contributed by atoms with Crippen LogP contribution < -0.4 is 26.2 Å². The molecule has 5 nitrogen and oxygen atoms in total. The molecule has 0 unspecified atom stereocenters. The van der Waals surface area contributed by atoms with Gasteiger partial charge in [0, 0.05) is 88.4 Å². The first-order valence-electron chi connectivity index (χ1n) is 37.9. The Kier molecular flexibility index (Phi) is 13.8. The van der Waals surface area contributed by atoms with E-state index in [2.05, 4.69) is 403 Å². The summed E-state index contributed by atoms with van der Waals surface area (Å²) in [6.07, 6.45) is 0. The predicted octanol–water partition coefficient (Wildman–Crippen LogP) is 26.6. The molecule has 0 radical (unpaired) electrons. The fourth-order valence-electron chi connectivity index (χ4n) is 18.8. The van der Waals surface area contributed by atoms with Gasteiger partial charge in [0.05, 0.1) is 28.1 Å². The van der Waals surface area contributed by atoms with E-state index in [4.69, 9.17) is 8.83 Å². The monoisotopic (exact) mass is 1400 g/mol. The Morgan fingerprint density at radius 1 is 0.227 bits per heavy atom. The van der Waals surface area contributed by atoms with Crippen LogP contribution >= 0.6 is 0 Å². The van der Waals surface area contributed by atoms with Crippen LogP contribution in [-0.2, 0) is 0 Å². The average Bonchev–Trinajstić information content (AvgIpc) is 0.733. The Balaban J connectivity index is 0.894. The second-order valence-corrected chi connectivity index (χ2v) is 29.2. The van der Waals surface area contributed by atoms with Gasteiger partial charge in [0.1, 0.15) is 22.3 Å². The molecular formula is C104H64BN3O2. The van der Waals surface area contributed by atoms with Crippen molar-refractivity contribution in [3.8, 4) is 83.6 Å². The molecule has 0 aliphatic carbocycles. The Labute approximate surface area is 635 Å². The van der Waals surface area contributed by atoms with Crippen LogP contribution in [0.3, 0.4) is 0 Å². The molecule has 18 aromatic carbocycles. The molecule has 0 fully saturated rings. The summed E-state index contributed by atoms with van der Waals surface area (Å²) in [6.45, 7) is -0.340. The minimum atomic E-state index is -0.340.